The molecular weight excluding hydrogens is 262 g/mol. The van der Waals surface area contributed by atoms with Crippen LogP contribution in [0.1, 0.15) is 5.56 Å². The van der Waals surface area contributed by atoms with Crippen molar-refractivity contribution in [2.75, 3.05) is 5.32 Å². The lowest BCUT2D eigenvalue weighted by molar-refractivity contribution is 0.481. The van der Waals surface area contributed by atoms with Gasteiger partial charge in [0, 0.05) is 6.20 Å². The second kappa shape index (κ2) is 6.79. The Bertz CT molecular complexity index is 721. The van der Waals surface area contributed by atoms with Crippen molar-refractivity contribution in [3.63, 3.8) is 0 Å². The minimum absolute atomic E-state index is 0.00201. The molecule has 2 rings (SSSR count). The van der Waals surface area contributed by atoms with E-state index in [9.17, 15) is 0 Å². The molecule has 0 unspecified atom stereocenters. The Morgan fingerprint density at radius 1 is 1.05 bits per heavy atom. The van der Waals surface area contributed by atoms with Crippen LogP contribution in [-0.4, -0.2) is 0 Å². The van der Waals surface area contributed by atoms with Crippen LogP contribution in [0.3, 0.4) is 0 Å². The van der Waals surface area contributed by atoms with Gasteiger partial charge in [0.2, 0.25) is 0 Å². The maximum Gasteiger partial charge on any atom is 0.153 e. The number of hydrogen-bond acceptors (Lipinski definition) is 4. The van der Waals surface area contributed by atoms with Gasteiger partial charge in [-0.15, -0.1) is 0 Å². The molecule has 0 saturated carbocycles. The first-order valence-electron chi connectivity index (χ1n) is 6.34. The van der Waals surface area contributed by atoms with Gasteiger partial charge >= 0.3 is 0 Å². The number of aryl methyl sites for hydroxylation is 1. The van der Waals surface area contributed by atoms with Crippen molar-refractivity contribution < 1.29 is 4.74 Å². The summed E-state index contributed by atoms with van der Waals surface area (Å²) in [7, 11) is 0. The lowest BCUT2D eigenvalue weighted by Crippen LogP contribution is -1.96. The van der Waals surface area contributed by atoms with Gasteiger partial charge in [-0.25, -0.2) is 0 Å². The Morgan fingerprint density at radius 2 is 1.76 bits per heavy atom. The molecule has 0 aliphatic heterocycles. The maximum absolute atomic E-state index is 8.75. The molecule has 0 bridgehead atoms. The molecule has 0 fully saturated rings. The predicted octanol–water partition coefficient (Wildman–Crippen LogP) is 4.13. The van der Waals surface area contributed by atoms with Crippen LogP contribution in [0.25, 0.3) is 0 Å². The molecule has 21 heavy (non-hydrogen) atoms. The number of nitrogens with zero attached hydrogens (tertiary/aromatic N) is 2. The summed E-state index contributed by atoms with van der Waals surface area (Å²) < 4.78 is 5.88. The SMILES string of the molecule is Cc1cccc(NC=C(C#N)C#N)c1Oc1ccccc1. The molecule has 2 aromatic rings. The van der Waals surface area contributed by atoms with Crippen molar-refractivity contribution in [3.05, 3.63) is 65.9 Å². The van der Waals surface area contributed by atoms with Crippen molar-refractivity contribution in [1.82, 2.24) is 0 Å². The predicted molar refractivity (Wildman–Crippen MR) is 80.6 cm³/mol. The molecule has 1 N–H and O–H groups in total. The van der Waals surface area contributed by atoms with Crippen molar-refractivity contribution in [1.29, 1.82) is 10.5 Å². The van der Waals surface area contributed by atoms with E-state index in [1.807, 2.05) is 55.5 Å². The van der Waals surface area contributed by atoms with E-state index >= 15 is 0 Å². The molecule has 0 aromatic heterocycles. The minimum Gasteiger partial charge on any atom is -0.455 e. The van der Waals surface area contributed by atoms with Crippen LogP contribution >= 0.6 is 0 Å². The lowest BCUT2D eigenvalue weighted by Gasteiger charge is -2.13. The number of ether oxygens (including phenoxy) is 1. The Kier molecular flexibility index (Phi) is 4.58. The maximum atomic E-state index is 8.75. The standard InChI is InChI=1S/C17H13N3O/c1-13-6-5-9-16(20-12-14(10-18)11-19)17(13)21-15-7-3-2-4-8-15/h2-9,12,20H,1H3. The molecule has 0 atom stereocenters. The summed E-state index contributed by atoms with van der Waals surface area (Å²) in [5.74, 6) is 1.38. The average Bonchev–Trinajstić information content (AvgIpc) is 2.52. The van der Waals surface area contributed by atoms with E-state index in [1.54, 1.807) is 12.1 Å². The first-order valence-corrected chi connectivity index (χ1v) is 6.34. The first kappa shape index (κ1) is 14.2. The molecule has 4 nitrogen and oxygen atoms in total. The molecule has 2 aromatic carbocycles. The smallest absolute Gasteiger partial charge is 0.153 e. The topological polar surface area (TPSA) is 68.8 Å². The number of nitriles is 2. The average molecular weight is 275 g/mol. The first-order chi connectivity index (χ1) is 10.2. The third kappa shape index (κ3) is 3.62. The summed E-state index contributed by atoms with van der Waals surface area (Å²) in [4.78, 5) is 0. The van der Waals surface area contributed by atoms with Gasteiger partial charge in [-0.05, 0) is 30.7 Å². The summed E-state index contributed by atoms with van der Waals surface area (Å²) in [6.07, 6.45) is 1.37. The van der Waals surface area contributed by atoms with Crippen LogP contribution in [-0.2, 0) is 0 Å². The molecule has 0 saturated heterocycles. The molecule has 0 amide bonds. The van der Waals surface area contributed by atoms with Gasteiger partial charge in [0.1, 0.15) is 23.5 Å². The highest BCUT2D eigenvalue weighted by molar-refractivity contribution is 5.63. The highest BCUT2D eigenvalue weighted by Crippen LogP contribution is 2.32. The number of benzene rings is 2. The number of nitrogens with one attached hydrogen (secondary N) is 1. The summed E-state index contributed by atoms with van der Waals surface area (Å²) in [5, 5.41) is 20.4. The fourth-order valence-electron chi connectivity index (χ4n) is 1.75. The summed E-state index contributed by atoms with van der Waals surface area (Å²) in [6, 6.07) is 18.7. The molecule has 0 spiro atoms. The minimum atomic E-state index is 0.00201. The van der Waals surface area contributed by atoms with E-state index in [0.29, 0.717) is 11.4 Å². The molecular formula is C17H13N3O. The van der Waals surface area contributed by atoms with Crippen molar-refractivity contribution in [2.45, 2.75) is 6.92 Å². The Hall–Kier alpha value is -3.24. The number of para-hydroxylation sites is 2. The number of allylic oxidation sites excluding steroid dienone is 1. The summed E-state index contributed by atoms with van der Waals surface area (Å²) in [6.45, 7) is 1.93. The Labute approximate surface area is 123 Å². The second-order valence-corrected chi connectivity index (χ2v) is 4.29. The third-order valence-electron chi connectivity index (χ3n) is 2.79. The van der Waals surface area contributed by atoms with Gasteiger partial charge in [-0.3, -0.25) is 0 Å². The zero-order valence-electron chi connectivity index (χ0n) is 11.5. The zero-order valence-corrected chi connectivity index (χ0v) is 11.5. The fraction of sp³-hybridized carbons (Fsp3) is 0.0588. The van der Waals surface area contributed by atoms with E-state index < -0.39 is 0 Å². The number of rotatable bonds is 4. The number of anilines is 1. The Balaban J connectivity index is 2.31. The van der Waals surface area contributed by atoms with Gasteiger partial charge in [0.05, 0.1) is 5.69 Å². The van der Waals surface area contributed by atoms with Crippen LogP contribution in [0.2, 0.25) is 0 Å². The Morgan fingerprint density at radius 3 is 2.43 bits per heavy atom. The van der Waals surface area contributed by atoms with E-state index in [0.717, 1.165) is 11.3 Å². The quantitative estimate of drug-likeness (QED) is 0.852. The molecule has 0 radical (unpaired) electrons. The fourth-order valence-corrected chi connectivity index (χ4v) is 1.75. The highest BCUT2D eigenvalue weighted by Gasteiger charge is 2.07. The van der Waals surface area contributed by atoms with E-state index in [-0.39, 0.29) is 5.57 Å². The molecule has 0 heterocycles. The third-order valence-corrected chi connectivity index (χ3v) is 2.79. The zero-order chi connectivity index (χ0) is 15.1. The van der Waals surface area contributed by atoms with Crippen molar-refractivity contribution in [2.24, 2.45) is 0 Å². The van der Waals surface area contributed by atoms with Gasteiger partial charge in [-0.1, -0.05) is 30.3 Å². The summed E-state index contributed by atoms with van der Waals surface area (Å²) >= 11 is 0. The number of hydrogen-bond donors (Lipinski definition) is 1. The summed E-state index contributed by atoms with van der Waals surface area (Å²) in [5.41, 5.74) is 1.65. The van der Waals surface area contributed by atoms with Crippen LogP contribution in [0, 0.1) is 29.6 Å². The van der Waals surface area contributed by atoms with Crippen LogP contribution in [0.15, 0.2) is 60.3 Å². The van der Waals surface area contributed by atoms with Gasteiger partial charge in [0.25, 0.3) is 0 Å². The van der Waals surface area contributed by atoms with Crippen LogP contribution in [0.5, 0.6) is 11.5 Å². The van der Waals surface area contributed by atoms with Gasteiger partial charge in [-0.2, -0.15) is 10.5 Å². The van der Waals surface area contributed by atoms with Gasteiger partial charge < -0.3 is 10.1 Å². The normalized spacial score (nSPS) is 9.10. The molecule has 0 aliphatic rings. The second-order valence-electron chi connectivity index (χ2n) is 4.29. The van der Waals surface area contributed by atoms with Crippen LogP contribution in [0.4, 0.5) is 5.69 Å². The van der Waals surface area contributed by atoms with E-state index in [4.69, 9.17) is 15.3 Å². The molecule has 0 aliphatic carbocycles. The van der Waals surface area contributed by atoms with Crippen LogP contribution < -0.4 is 10.1 Å². The van der Waals surface area contributed by atoms with Crippen molar-refractivity contribution in [3.8, 4) is 23.6 Å². The lowest BCUT2D eigenvalue weighted by atomic mass is 10.2. The largest absolute Gasteiger partial charge is 0.455 e. The van der Waals surface area contributed by atoms with Gasteiger partial charge in [0.15, 0.2) is 5.75 Å². The van der Waals surface area contributed by atoms with E-state index in [2.05, 4.69) is 5.32 Å². The highest BCUT2D eigenvalue weighted by atomic mass is 16.5. The molecule has 102 valence electrons. The molecule has 4 heteroatoms. The van der Waals surface area contributed by atoms with Crippen molar-refractivity contribution >= 4 is 5.69 Å². The monoisotopic (exact) mass is 275 g/mol. The van der Waals surface area contributed by atoms with E-state index in [1.165, 1.54) is 6.20 Å².